The second-order valence-corrected chi connectivity index (χ2v) is 7.08. The predicted molar refractivity (Wildman–Crippen MR) is 106 cm³/mol. The molecular formula is C22H39NO2. The first kappa shape index (κ1) is 22.0. The maximum atomic E-state index is 11.7. The Labute approximate surface area is 155 Å². The maximum absolute atomic E-state index is 11.7. The molecule has 1 saturated heterocycles. The van der Waals surface area contributed by atoms with Crippen LogP contribution in [0.1, 0.15) is 96.8 Å². The third-order valence-electron chi connectivity index (χ3n) is 4.63. The zero-order valence-corrected chi connectivity index (χ0v) is 16.4. The van der Waals surface area contributed by atoms with Crippen LogP contribution in [0.25, 0.3) is 0 Å². The lowest BCUT2D eigenvalue weighted by molar-refractivity contribution is -0.185. The zero-order chi connectivity index (χ0) is 18.0. The molecule has 0 aliphatic carbocycles. The van der Waals surface area contributed by atoms with E-state index in [1.54, 1.807) is 0 Å². The fourth-order valence-electron chi connectivity index (χ4n) is 3.05. The van der Waals surface area contributed by atoms with E-state index in [0.717, 1.165) is 45.2 Å². The molecule has 3 nitrogen and oxygen atoms in total. The first-order valence-corrected chi connectivity index (χ1v) is 10.6. The quantitative estimate of drug-likeness (QED) is 0.255. The van der Waals surface area contributed by atoms with Crippen LogP contribution in [0.15, 0.2) is 24.3 Å². The van der Waals surface area contributed by atoms with E-state index in [-0.39, 0.29) is 5.97 Å². The predicted octanol–water partition coefficient (Wildman–Crippen LogP) is 6.35. The Morgan fingerprint density at radius 1 is 0.840 bits per heavy atom. The first-order valence-electron chi connectivity index (χ1n) is 10.6. The molecule has 1 fully saturated rings. The van der Waals surface area contributed by atoms with E-state index in [9.17, 15) is 4.79 Å². The molecule has 0 unspecified atom stereocenters. The van der Waals surface area contributed by atoms with Gasteiger partial charge in [0.15, 0.2) is 0 Å². The molecule has 1 heterocycles. The molecule has 0 atom stereocenters. The summed E-state index contributed by atoms with van der Waals surface area (Å²) in [6.45, 7) is 4.07. The molecule has 1 aliphatic heterocycles. The van der Waals surface area contributed by atoms with E-state index < -0.39 is 0 Å². The van der Waals surface area contributed by atoms with Crippen LogP contribution in [0.2, 0.25) is 0 Å². The van der Waals surface area contributed by atoms with Crippen LogP contribution in [0.3, 0.4) is 0 Å². The van der Waals surface area contributed by atoms with E-state index in [1.807, 2.05) is 5.06 Å². The van der Waals surface area contributed by atoms with E-state index in [4.69, 9.17) is 4.84 Å². The van der Waals surface area contributed by atoms with Gasteiger partial charge in [0, 0.05) is 19.5 Å². The minimum atomic E-state index is -0.0485. The van der Waals surface area contributed by atoms with Crippen molar-refractivity contribution in [1.82, 2.24) is 5.06 Å². The third kappa shape index (κ3) is 13.8. The van der Waals surface area contributed by atoms with Gasteiger partial charge in [-0.15, -0.1) is 5.06 Å². The summed E-state index contributed by atoms with van der Waals surface area (Å²) in [6, 6.07) is 0. The van der Waals surface area contributed by atoms with Crippen LogP contribution in [0.4, 0.5) is 0 Å². The molecule has 0 saturated carbocycles. The number of hydroxylamine groups is 2. The number of carbonyl (C=O) groups excluding carboxylic acids is 1. The van der Waals surface area contributed by atoms with Gasteiger partial charge in [-0.05, 0) is 51.4 Å². The molecule has 144 valence electrons. The minimum Gasteiger partial charge on any atom is -0.368 e. The monoisotopic (exact) mass is 349 g/mol. The van der Waals surface area contributed by atoms with E-state index in [1.165, 1.54) is 51.4 Å². The molecule has 0 radical (unpaired) electrons. The van der Waals surface area contributed by atoms with Crippen molar-refractivity contribution < 1.29 is 9.63 Å². The summed E-state index contributed by atoms with van der Waals surface area (Å²) >= 11 is 0. The molecule has 0 amide bonds. The van der Waals surface area contributed by atoms with Gasteiger partial charge in [0.05, 0.1) is 0 Å². The standard InChI is InChI=1S/C22H39NO2/c1-2-3-4-5-6-7-8-9-10-11-12-13-14-15-16-19-22(24)25-23-20-17-18-21-23/h6-7,9-10H,2-5,8,11-21H2,1H3/b7-6-,10-9-. The molecule has 0 aromatic rings. The SMILES string of the molecule is CCCCC/C=C\C/C=C\CCCCCCCC(=O)ON1CCCC1. The van der Waals surface area contributed by atoms with Gasteiger partial charge in [-0.3, -0.25) is 4.79 Å². The van der Waals surface area contributed by atoms with Crippen molar-refractivity contribution in [2.45, 2.75) is 96.8 Å². The fourth-order valence-corrected chi connectivity index (χ4v) is 3.05. The van der Waals surface area contributed by atoms with E-state index in [0.29, 0.717) is 6.42 Å². The van der Waals surface area contributed by atoms with Crippen molar-refractivity contribution >= 4 is 5.97 Å². The van der Waals surface area contributed by atoms with Gasteiger partial charge in [-0.1, -0.05) is 63.3 Å². The van der Waals surface area contributed by atoms with Crippen molar-refractivity contribution in [2.24, 2.45) is 0 Å². The Balaban J connectivity index is 1.80. The second kappa shape index (κ2) is 16.4. The van der Waals surface area contributed by atoms with Gasteiger partial charge in [0.2, 0.25) is 0 Å². The zero-order valence-electron chi connectivity index (χ0n) is 16.4. The first-order chi connectivity index (χ1) is 12.3. The highest BCUT2D eigenvalue weighted by molar-refractivity contribution is 5.68. The second-order valence-electron chi connectivity index (χ2n) is 7.08. The largest absolute Gasteiger partial charge is 0.368 e. The van der Waals surface area contributed by atoms with Crippen LogP contribution in [-0.2, 0) is 9.63 Å². The van der Waals surface area contributed by atoms with Crippen molar-refractivity contribution in [3.63, 3.8) is 0 Å². The van der Waals surface area contributed by atoms with Crippen molar-refractivity contribution in [3.8, 4) is 0 Å². The van der Waals surface area contributed by atoms with Crippen LogP contribution >= 0.6 is 0 Å². The molecule has 0 aromatic heterocycles. The lowest BCUT2D eigenvalue weighted by Crippen LogP contribution is -2.23. The molecule has 0 bridgehead atoms. The number of hydrogen-bond acceptors (Lipinski definition) is 3. The van der Waals surface area contributed by atoms with Crippen LogP contribution in [0.5, 0.6) is 0 Å². The highest BCUT2D eigenvalue weighted by Gasteiger charge is 2.15. The average Bonchev–Trinajstić information content (AvgIpc) is 3.11. The van der Waals surface area contributed by atoms with Crippen molar-refractivity contribution in [2.75, 3.05) is 13.1 Å². The molecule has 0 spiro atoms. The van der Waals surface area contributed by atoms with Gasteiger partial charge >= 0.3 is 5.97 Å². The van der Waals surface area contributed by atoms with Crippen LogP contribution in [-0.4, -0.2) is 24.1 Å². The Morgan fingerprint density at radius 3 is 2.12 bits per heavy atom. The highest BCUT2D eigenvalue weighted by Crippen LogP contribution is 2.11. The molecule has 1 rings (SSSR count). The lowest BCUT2D eigenvalue weighted by atomic mass is 10.1. The smallest absolute Gasteiger partial charge is 0.325 e. The van der Waals surface area contributed by atoms with Crippen LogP contribution in [0, 0.1) is 0 Å². The Bertz CT molecular complexity index is 370. The summed E-state index contributed by atoms with van der Waals surface area (Å²) < 4.78 is 0. The third-order valence-corrected chi connectivity index (χ3v) is 4.63. The highest BCUT2D eigenvalue weighted by atomic mass is 16.7. The van der Waals surface area contributed by atoms with Gasteiger partial charge in [-0.2, -0.15) is 0 Å². The summed E-state index contributed by atoms with van der Waals surface area (Å²) in [5.74, 6) is -0.0485. The summed E-state index contributed by atoms with van der Waals surface area (Å²) in [6.07, 6.45) is 25.4. The van der Waals surface area contributed by atoms with Gasteiger partial charge in [0.1, 0.15) is 0 Å². The Morgan fingerprint density at radius 2 is 1.44 bits per heavy atom. The minimum absolute atomic E-state index is 0.0485. The molecule has 3 heteroatoms. The van der Waals surface area contributed by atoms with Crippen LogP contribution < -0.4 is 0 Å². The summed E-state index contributed by atoms with van der Waals surface area (Å²) in [5.41, 5.74) is 0. The molecule has 0 aromatic carbocycles. The van der Waals surface area contributed by atoms with Crippen molar-refractivity contribution in [3.05, 3.63) is 24.3 Å². The topological polar surface area (TPSA) is 29.5 Å². The molecular weight excluding hydrogens is 310 g/mol. The molecule has 25 heavy (non-hydrogen) atoms. The van der Waals surface area contributed by atoms with E-state index >= 15 is 0 Å². The van der Waals surface area contributed by atoms with Gasteiger partial charge in [-0.25, -0.2) is 0 Å². The Hall–Kier alpha value is -1.09. The Kier molecular flexibility index (Phi) is 14.4. The number of unbranched alkanes of at least 4 members (excludes halogenated alkanes) is 8. The lowest BCUT2D eigenvalue weighted by Gasteiger charge is -2.13. The number of allylic oxidation sites excluding steroid dienone is 4. The number of nitrogens with zero attached hydrogens (tertiary/aromatic N) is 1. The molecule has 1 aliphatic rings. The number of rotatable bonds is 15. The number of carbonyl (C=O) groups is 1. The molecule has 0 N–H and O–H groups in total. The normalized spacial score (nSPS) is 15.6. The maximum Gasteiger partial charge on any atom is 0.325 e. The van der Waals surface area contributed by atoms with E-state index in [2.05, 4.69) is 31.2 Å². The summed E-state index contributed by atoms with van der Waals surface area (Å²) in [4.78, 5) is 17.0. The summed E-state index contributed by atoms with van der Waals surface area (Å²) in [5, 5.41) is 1.81. The average molecular weight is 350 g/mol. The number of hydrogen-bond donors (Lipinski definition) is 0. The van der Waals surface area contributed by atoms with Gasteiger partial charge in [0.25, 0.3) is 0 Å². The summed E-state index contributed by atoms with van der Waals surface area (Å²) in [7, 11) is 0. The van der Waals surface area contributed by atoms with Crippen molar-refractivity contribution in [1.29, 1.82) is 0 Å². The van der Waals surface area contributed by atoms with Gasteiger partial charge < -0.3 is 4.84 Å². The fraction of sp³-hybridized carbons (Fsp3) is 0.773.